The van der Waals surface area contributed by atoms with E-state index in [1.807, 2.05) is 0 Å². The van der Waals surface area contributed by atoms with Crippen molar-refractivity contribution in [2.75, 3.05) is 7.11 Å². The Bertz CT molecular complexity index is 1340. The first-order valence-electron chi connectivity index (χ1n) is 9.39. The van der Waals surface area contributed by atoms with Crippen molar-refractivity contribution >= 4 is 23.1 Å². The summed E-state index contributed by atoms with van der Waals surface area (Å²) < 4.78 is 45.9. The molecule has 3 aromatic carbocycles. The van der Waals surface area contributed by atoms with Crippen LogP contribution < -0.4 is 10.3 Å². The molecule has 0 spiro atoms. The average Bonchev–Trinajstić information content (AvgIpc) is 2.77. The van der Waals surface area contributed by atoms with Gasteiger partial charge in [0.05, 0.1) is 29.3 Å². The minimum Gasteiger partial charge on any atom is -0.495 e. The molecule has 1 aromatic heterocycles. The molecule has 0 unspecified atom stereocenters. The summed E-state index contributed by atoms with van der Waals surface area (Å²) in [5.74, 6) is 0.737. The van der Waals surface area contributed by atoms with Gasteiger partial charge in [-0.15, -0.1) is 0 Å². The molecule has 4 rings (SSSR count). The molecule has 1 heterocycles. The van der Waals surface area contributed by atoms with Crippen LogP contribution in [-0.4, -0.2) is 16.7 Å². The van der Waals surface area contributed by atoms with Crippen molar-refractivity contribution in [2.45, 2.75) is 6.18 Å². The molecule has 0 atom stereocenters. The Hall–Kier alpha value is -3.87. The SMILES string of the molecule is COc1ccccc1-n1c(/C=C\c2cccc(C(F)(F)F)c2)nc2ccccc2c1=O. The molecule has 0 saturated carbocycles. The molecule has 7 heteroatoms. The van der Waals surface area contributed by atoms with Crippen LogP contribution in [0.15, 0.2) is 77.6 Å². The molecule has 0 aliphatic carbocycles. The molecule has 0 radical (unpaired) electrons. The minimum absolute atomic E-state index is 0.269. The second-order valence-corrected chi connectivity index (χ2v) is 6.76. The Kier molecular flexibility index (Phi) is 5.33. The molecule has 4 aromatic rings. The number of ether oxygens (including phenoxy) is 1. The van der Waals surface area contributed by atoms with Crippen LogP contribution in [0.3, 0.4) is 0 Å². The number of methoxy groups -OCH3 is 1. The summed E-state index contributed by atoms with van der Waals surface area (Å²) in [6.45, 7) is 0. The fraction of sp³-hybridized carbons (Fsp3) is 0.0833. The maximum atomic E-state index is 13.3. The number of alkyl halides is 3. The minimum atomic E-state index is -4.44. The molecular formula is C24H17F3N2O2. The van der Waals surface area contributed by atoms with Crippen LogP contribution in [0.25, 0.3) is 28.7 Å². The van der Waals surface area contributed by atoms with Gasteiger partial charge in [-0.2, -0.15) is 13.2 Å². The molecule has 4 nitrogen and oxygen atoms in total. The zero-order chi connectivity index (χ0) is 22.0. The molecule has 0 N–H and O–H groups in total. The van der Waals surface area contributed by atoms with E-state index in [1.165, 1.54) is 29.9 Å². The summed E-state index contributed by atoms with van der Waals surface area (Å²) >= 11 is 0. The number of rotatable bonds is 4. The standard InChI is InChI=1S/C24H17F3N2O2/c1-31-21-12-5-4-11-20(21)29-22(28-19-10-3-2-9-18(19)23(29)30)14-13-16-7-6-8-17(15-16)24(25,26)27/h2-15H,1H3/b14-13-. The highest BCUT2D eigenvalue weighted by molar-refractivity contribution is 5.80. The Morgan fingerprint density at radius 3 is 2.45 bits per heavy atom. The second kappa shape index (κ2) is 8.10. The van der Waals surface area contributed by atoms with Gasteiger partial charge in [-0.3, -0.25) is 9.36 Å². The predicted octanol–water partition coefficient (Wildman–Crippen LogP) is 5.58. The number of nitrogens with zero attached hydrogens (tertiary/aromatic N) is 2. The van der Waals surface area contributed by atoms with Crippen LogP contribution in [0.4, 0.5) is 13.2 Å². The zero-order valence-electron chi connectivity index (χ0n) is 16.4. The maximum absolute atomic E-state index is 13.3. The van der Waals surface area contributed by atoms with E-state index in [1.54, 1.807) is 54.6 Å². The summed E-state index contributed by atoms with van der Waals surface area (Å²) in [6, 6.07) is 18.8. The van der Waals surface area contributed by atoms with E-state index < -0.39 is 11.7 Å². The highest BCUT2D eigenvalue weighted by atomic mass is 19.4. The van der Waals surface area contributed by atoms with Crippen molar-refractivity contribution < 1.29 is 17.9 Å². The van der Waals surface area contributed by atoms with Crippen molar-refractivity contribution in [3.8, 4) is 11.4 Å². The van der Waals surface area contributed by atoms with Gasteiger partial charge in [-0.05, 0) is 48.0 Å². The quantitative estimate of drug-likeness (QED) is 0.431. The van der Waals surface area contributed by atoms with Crippen molar-refractivity contribution in [3.05, 3.63) is 100 Å². The molecule has 0 fully saturated rings. The van der Waals surface area contributed by atoms with Crippen molar-refractivity contribution in [1.82, 2.24) is 9.55 Å². The highest BCUT2D eigenvalue weighted by Crippen LogP contribution is 2.30. The lowest BCUT2D eigenvalue weighted by Crippen LogP contribution is -2.22. The summed E-state index contributed by atoms with van der Waals surface area (Å²) in [6.07, 6.45) is -1.42. The van der Waals surface area contributed by atoms with Crippen LogP contribution >= 0.6 is 0 Å². The normalized spacial score (nSPS) is 11.9. The van der Waals surface area contributed by atoms with E-state index in [2.05, 4.69) is 4.98 Å². The Morgan fingerprint density at radius 2 is 1.68 bits per heavy atom. The second-order valence-electron chi connectivity index (χ2n) is 6.76. The number of hydrogen-bond acceptors (Lipinski definition) is 3. The Labute approximate surface area is 175 Å². The van der Waals surface area contributed by atoms with E-state index in [0.717, 1.165) is 12.1 Å². The van der Waals surface area contributed by atoms with Gasteiger partial charge >= 0.3 is 6.18 Å². The number of halogens is 3. The first kappa shape index (κ1) is 20.4. The number of benzene rings is 3. The van der Waals surface area contributed by atoms with Gasteiger partial charge in [0, 0.05) is 0 Å². The first-order chi connectivity index (χ1) is 14.9. The van der Waals surface area contributed by atoms with Gasteiger partial charge in [-0.1, -0.05) is 42.5 Å². The molecule has 0 aliphatic heterocycles. The van der Waals surface area contributed by atoms with Gasteiger partial charge < -0.3 is 4.74 Å². The molecule has 0 saturated heterocycles. The van der Waals surface area contributed by atoms with E-state index in [4.69, 9.17) is 4.74 Å². The largest absolute Gasteiger partial charge is 0.495 e. The van der Waals surface area contributed by atoms with Crippen molar-refractivity contribution in [2.24, 2.45) is 0 Å². The third kappa shape index (κ3) is 4.07. The fourth-order valence-corrected chi connectivity index (χ4v) is 3.30. The monoisotopic (exact) mass is 422 g/mol. The number of hydrogen-bond donors (Lipinski definition) is 0. The van der Waals surface area contributed by atoms with Gasteiger partial charge in [0.25, 0.3) is 5.56 Å². The topological polar surface area (TPSA) is 44.1 Å². The lowest BCUT2D eigenvalue weighted by atomic mass is 10.1. The number of fused-ring (bicyclic) bond motifs is 1. The Balaban J connectivity index is 1.92. The number of para-hydroxylation sites is 3. The summed E-state index contributed by atoms with van der Waals surface area (Å²) in [7, 11) is 1.50. The molecule has 31 heavy (non-hydrogen) atoms. The zero-order valence-corrected chi connectivity index (χ0v) is 16.4. The summed E-state index contributed by atoms with van der Waals surface area (Å²) in [5.41, 5.74) is 0.255. The smallest absolute Gasteiger partial charge is 0.416 e. The predicted molar refractivity (Wildman–Crippen MR) is 114 cm³/mol. The van der Waals surface area contributed by atoms with Crippen LogP contribution in [-0.2, 0) is 6.18 Å². The maximum Gasteiger partial charge on any atom is 0.416 e. The first-order valence-corrected chi connectivity index (χ1v) is 9.39. The van der Waals surface area contributed by atoms with Crippen LogP contribution in [0.2, 0.25) is 0 Å². The highest BCUT2D eigenvalue weighted by Gasteiger charge is 2.30. The van der Waals surface area contributed by atoms with Crippen LogP contribution in [0.1, 0.15) is 17.0 Å². The van der Waals surface area contributed by atoms with E-state index >= 15 is 0 Å². The van der Waals surface area contributed by atoms with Crippen molar-refractivity contribution in [3.63, 3.8) is 0 Å². The molecule has 0 amide bonds. The summed E-state index contributed by atoms with van der Waals surface area (Å²) in [5, 5.41) is 0.421. The van der Waals surface area contributed by atoms with E-state index in [-0.39, 0.29) is 11.4 Å². The number of aromatic nitrogens is 2. The Morgan fingerprint density at radius 1 is 0.935 bits per heavy atom. The lowest BCUT2D eigenvalue weighted by Gasteiger charge is -2.14. The van der Waals surface area contributed by atoms with E-state index in [9.17, 15) is 18.0 Å². The third-order valence-corrected chi connectivity index (χ3v) is 4.77. The van der Waals surface area contributed by atoms with Gasteiger partial charge in [0.15, 0.2) is 0 Å². The fourth-order valence-electron chi connectivity index (χ4n) is 3.30. The summed E-state index contributed by atoms with van der Waals surface area (Å²) in [4.78, 5) is 17.9. The van der Waals surface area contributed by atoms with Crippen LogP contribution in [0, 0.1) is 0 Å². The molecular weight excluding hydrogens is 405 g/mol. The van der Waals surface area contributed by atoms with Gasteiger partial charge in [-0.25, -0.2) is 4.98 Å². The van der Waals surface area contributed by atoms with E-state index in [0.29, 0.717) is 27.9 Å². The molecule has 156 valence electrons. The third-order valence-electron chi connectivity index (χ3n) is 4.77. The van der Waals surface area contributed by atoms with Crippen LogP contribution in [0.5, 0.6) is 5.75 Å². The lowest BCUT2D eigenvalue weighted by molar-refractivity contribution is -0.137. The molecule has 0 bridgehead atoms. The van der Waals surface area contributed by atoms with Gasteiger partial charge in [0.1, 0.15) is 11.6 Å². The average molecular weight is 422 g/mol. The van der Waals surface area contributed by atoms with Crippen molar-refractivity contribution in [1.29, 1.82) is 0 Å². The van der Waals surface area contributed by atoms with Gasteiger partial charge in [0.2, 0.25) is 0 Å². The molecule has 0 aliphatic rings.